The number of carbonyl (C=O) groups is 1. The number of anilines is 1. The quantitative estimate of drug-likeness (QED) is 0.798. The minimum Gasteiger partial charge on any atom is -0.495 e. The Morgan fingerprint density at radius 2 is 1.62 bits per heavy atom. The summed E-state index contributed by atoms with van der Waals surface area (Å²) < 4.78 is 33.1. The third-order valence-electron chi connectivity index (χ3n) is 5.27. The van der Waals surface area contributed by atoms with E-state index in [1.807, 2.05) is 32.9 Å². The SMILES string of the molecule is COc1ccc(C(=O)Nc2c(C)cc(C)cc2C)cc1S(=O)(=O)N1CCCCC1. The van der Waals surface area contributed by atoms with E-state index in [0.717, 1.165) is 41.6 Å². The fourth-order valence-corrected chi connectivity index (χ4v) is 5.53. The maximum atomic E-state index is 13.2. The molecule has 1 heterocycles. The third kappa shape index (κ3) is 4.46. The van der Waals surface area contributed by atoms with Crippen molar-refractivity contribution >= 4 is 21.6 Å². The number of methoxy groups -OCH3 is 1. The molecule has 0 atom stereocenters. The molecule has 0 aromatic heterocycles. The molecular formula is C22H28N2O4S. The van der Waals surface area contributed by atoms with E-state index >= 15 is 0 Å². The zero-order valence-electron chi connectivity index (χ0n) is 17.4. The molecule has 1 saturated heterocycles. The molecule has 0 bridgehead atoms. The molecule has 1 aliphatic rings. The second kappa shape index (κ2) is 8.55. The summed E-state index contributed by atoms with van der Waals surface area (Å²) in [7, 11) is -2.29. The Labute approximate surface area is 172 Å². The van der Waals surface area contributed by atoms with Crippen LogP contribution in [0.5, 0.6) is 5.75 Å². The number of hydrogen-bond donors (Lipinski definition) is 1. The topological polar surface area (TPSA) is 75.7 Å². The Hall–Kier alpha value is -2.38. The van der Waals surface area contributed by atoms with Crippen LogP contribution in [0.4, 0.5) is 5.69 Å². The monoisotopic (exact) mass is 416 g/mol. The van der Waals surface area contributed by atoms with Crippen molar-refractivity contribution in [1.29, 1.82) is 0 Å². The van der Waals surface area contributed by atoms with Gasteiger partial charge in [0.2, 0.25) is 10.0 Å². The van der Waals surface area contributed by atoms with Crippen molar-refractivity contribution in [3.8, 4) is 5.75 Å². The van der Waals surface area contributed by atoms with Gasteiger partial charge in [-0.1, -0.05) is 24.1 Å². The van der Waals surface area contributed by atoms with Crippen molar-refractivity contribution in [3.63, 3.8) is 0 Å². The number of hydrogen-bond acceptors (Lipinski definition) is 4. The van der Waals surface area contributed by atoms with Gasteiger partial charge in [0.05, 0.1) is 7.11 Å². The first-order chi connectivity index (χ1) is 13.7. The molecule has 1 amide bonds. The van der Waals surface area contributed by atoms with E-state index in [4.69, 9.17) is 4.74 Å². The van der Waals surface area contributed by atoms with Crippen molar-refractivity contribution in [2.45, 2.75) is 44.9 Å². The number of amides is 1. The van der Waals surface area contributed by atoms with Crippen molar-refractivity contribution in [2.75, 3.05) is 25.5 Å². The minimum absolute atomic E-state index is 0.0342. The second-order valence-corrected chi connectivity index (χ2v) is 9.46. The molecule has 0 spiro atoms. The van der Waals surface area contributed by atoms with Gasteiger partial charge in [0.15, 0.2) is 0 Å². The van der Waals surface area contributed by atoms with Crippen LogP contribution in [-0.4, -0.2) is 38.8 Å². The van der Waals surface area contributed by atoms with Gasteiger partial charge in [-0.25, -0.2) is 8.42 Å². The molecule has 1 N–H and O–H groups in total. The van der Waals surface area contributed by atoms with E-state index in [9.17, 15) is 13.2 Å². The maximum absolute atomic E-state index is 13.2. The van der Waals surface area contributed by atoms with Gasteiger partial charge in [-0.2, -0.15) is 4.31 Å². The van der Waals surface area contributed by atoms with Gasteiger partial charge >= 0.3 is 0 Å². The van der Waals surface area contributed by atoms with Crippen LogP contribution in [0.1, 0.15) is 46.3 Å². The number of sulfonamides is 1. The van der Waals surface area contributed by atoms with Crippen LogP contribution in [0.25, 0.3) is 0 Å². The highest BCUT2D eigenvalue weighted by molar-refractivity contribution is 7.89. The van der Waals surface area contributed by atoms with Crippen LogP contribution in [-0.2, 0) is 10.0 Å². The molecule has 0 unspecified atom stereocenters. The van der Waals surface area contributed by atoms with Gasteiger partial charge in [0, 0.05) is 24.3 Å². The van der Waals surface area contributed by atoms with Gasteiger partial charge in [0.25, 0.3) is 5.91 Å². The third-order valence-corrected chi connectivity index (χ3v) is 7.19. The lowest BCUT2D eigenvalue weighted by Crippen LogP contribution is -2.35. The first-order valence-electron chi connectivity index (χ1n) is 9.81. The molecule has 0 radical (unpaired) electrons. The summed E-state index contributed by atoms with van der Waals surface area (Å²) in [5, 5.41) is 2.93. The van der Waals surface area contributed by atoms with Gasteiger partial charge in [-0.3, -0.25) is 4.79 Å². The molecule has 29 heavy (non-hydrogen) atoms. The van der Waals surface area contributed by atoms with Crippen LogP contribution >= 0.6 is 0 Å². The van der Waals surface area contributed by atoms with Gasteiger partial charge in [-0.15, -0.1) is 0 Å². The molecule has 6 nitrogen and oxygen atoms in total. The summed E-state index contributed by atoms with van der Waals surface area (Å²) in [4.78, 5) is 12.9. The highest BCUT2D eigenvalue weighted by atomic mass is 32.2. The average molecular weight is 417 g/mol. The van der Waals surface area contributed by atoms with Crippen LogP contribution < -0.4 is 10.1 Å². The second-order valence-electron chi connectivity index (χ2n) is 7.56. The van der Waals surface area contributed by atoms with Crippen LogP contribution in [0.3, 0.4) is 0 Å². The molecule has 3 rings (SSSR count). The lowest BCUT2D eigenvalue weighted by molar-refractivity contribution is 0.102. The Balaban J connectivity index is 1.95. The summed E-state index contributed by atoms with van der Waals surface area (Å²) in [5.74, 6) is -0.104. The fraction of sp³-hybridized carbons (Fsp3) is 0.409. The van der Waals surface area contributed by atoms with Crippen molar-refractivity contribution in [1.82, 2.24) is 4.31 Å². The van der Waals surface area contributed by atoms with Gasteiger partial charge in [0.1, 0.15) is 10.6 Å². The first-order valence-corrected chi connectivity index (χ1v) is 11.3. The number of nitrogens with zero attached hydrogens (tertiary/aromatic N) is 1. The average Bonchev–Trinajstić information content (AvgIpc) is 2.70. The molecule has 7 heteroatoms. The van der Waals surface area contributed by atoms with Crippen LogP contribution in [0, 0.1) is 20.8 Å². The zero-order valence-corrected chi connectivity index (χ0v) is 18.2. The number of nitrogens with one attached hydrogen (secondary N) is 1. The summed E-state index contributed by atoms with van der Waals surface area (Å²) in [6, 6.07) is 8.55. The molecule has 2 aromatic carbocycles. The molecular weight excluding hydrogens is 388 g/mol. The van der Waals surface area contributed by atoms with E-state index in [1.54, 1.807) is 12.1 Å². The predicted octanol–water partition coefficient (Wildman–Crippen LogP) is 4.05. The number of ether oxygens (including phenoxy) is 1. The van der Waals surface area contributed by atoms with E-state index < -0.39 is 10.0 Å². The molecule has 1 fully saturated rings. The normalized spacial score (nSPS) is 15.2. The standard InChI is InChI=1S/C22H28N2O4S/c1-15-12-16(2)21(17(3)13-15)23-22(25)18-8-9-19(28-4)20(14-18)29(26,27)24-10-6-5-7-11-24/h8-9,12-14H,5-7,10-11H2,1-4H3,(H,23,25). The predicted molar refractivity (Wildman–Crippen MR) is 114 cm³/mol. The fourth-order valence-electron chi connectivity index (χ4n) is 3.83. The molecule has 0 aliphatic carbocycles. The first kappa shape index (κ1) is 21.3. The van der Waals surface area contributed by atoms with E-state index in [-0.39, 0.29) is 22.1 Å². The van der Waals surface area contributed by atoms with Crippen LogP contribution in [0.2, 0.25) is 0 Å². The van der Waals surface area contributed by atoms with E-state index in [0.29, 0.717) is 13.1 Å². The largest absolute Gasteiger partial charge is 0.495 e. The minimum atomic E-state index is -3.73. The Morgan fingerprint density at radius 3 is 2.21 bits per heavy atom. The molecule has 0 saturated carbocycles. The lowest BCUT2D eigenvalue weighted by atomic mass is 10.0. The maximum Gasteiger partial charge on any atom is 0.255 e. The Bertz CT molecular complexity index is 1000. The lowest BCUT2D eigenvalue weighted by Gasteiger charge is -2.26. The molecule has 156 valence electrons. The molecule has 1 aliphatic heterocycles. The number of aryl methyl sites for hydroxylation is 3. The highest BCUT2D eigenvalue weighted by Gasteiger charge is 2.29. The van der Waals surface area contributed by atoms with E-state index in [2.05, 4.69) is 5.32 Å². The smallest absolute Gasteiger partial charge is 0.255 e. The molecule has 2 aromatic rings. The van der Waals surface area contributed by atoms with Crippen LogP contribution in [0.15, 0.2) is 35.2 Å². The van der Waals surface area contributed by atoms with Crippen molar-refractivity contribution in [3.05, 3.63) is 52.6 Å². The zero-order chi connectivity index (χ0) is 21.2. The number of piperidine rings is 1. The number of rotatable bonds is 5. The number of carbonyl (C=O) groups excluding carboxylic acids is 1. The van der Waals surface area contributed by atoms with E-state index in [1.165, 1.54) is 17.5 Å². The van der Waals surface area contributed by atoms with Gasteiger partial charge in [-0.05, 0) is 62.9 Å². The summed E-state index contributed by atoms with van der Waals surface area (Å²) >= 11 is 0. The summed E-state index contributed by atoms with van der Waals surface area (Å²) in [5.41, 5.74) is 4.08. The Morgan fingerprint density at radius 1 is 1.00 bits per heavy atom. The van der Waals surface area contributed by atoms with Gasteiger partial charge < -0.3 is 10.1 Å². The Kier molecular flexibility index (Phi) is 6.29. The van der Waals surface area contributed by atoms with Crippen molar-refractivity contribution in [2.24, 2.45) is 0 Å². The summed E-state index contributed by atoms with van der Waals surface area (Å²) in [6.45, 7) is 6.87. The summed E-state index contributed by atoms with van der Waals surface area (Å²) in [6.07, 6.45) is 2.71. The highest BCUT2D eigenvalue weighted by Crippen LogP contribution is 2.30. The van der Waals surface area contributed by atoms with Crippen molar-refractivity contribution < 1.29 is 17.9 Å². The number of benzene rings is 2.